The minimum absolute atomic E-state index is 0.0565. The predicted molar refractivity (Wildman–Crippen MR) is 97.3 cm³/mol. The molecule has 2 aliphatic heterocycles. The van der Waals surface area contributed by atoms with Gasteiger partial charge >= 0.3 is 6.18 Å². The molecule has 3 atom stereocenters. The van der Waals surface area contributed by atoms with Crippen molar-refractivity contribution in [2.24, 2.45) is 0 Å². The van der Waals surface area contributed by atoms with Crippen molar-refractivity contribution in [2.45, 2.75) is 30.6 Å². The van der Waals surface area contributed by atoms with E-state index in [1.54, 1.807) is 36.4 Å². The quantitative estimate of drug-likeness (QED) is 0.851. The molecule has 0 radical (unpaired) electrons. The Kier molecular flexibility index (Phi) is 4.77. The summed E-state index contributed by atoms with van der Waals surface area (Å²) >= 11 is 0. The highest BCUT2D eigenvalue weighted by Crippen LogP contribution is 2.48. The van der Waals surface area contributed by atoms with Gasteiger partial charge in [0.05, 0.1) is 24.3 Å². The second kappa shape index (κ2) is 7.14. The van der Waals surface area contributed by atoms with Crippen LogP contribution >= 0.6 is 0 Å². The number of carbonyl (C=O) groups excluding carboxylic acids is 2. The van der Waals surface area contributed by atoms with Crippen LogP contribution in [0.3, 0.4) is 0 Å². The van der Waals surface area contributed by atoms with Crippen LogP contribution in [-0.2, 0) is 4.79 Å². The van der Waals surface area contributed by atoms with E-state index in [4.69, 9.17) is 0 Å². The van der Waals surface area contributed by atoms with Gasteiger partial charge in [-0.15, -0.1) is 0 Å². The monoisotopic (exact) mass is 405 g/mol. The zero-order chi connectivity index (χ0) is 20.8. The number of fused-ring (bicyclic) bond motifs is 3. The predicted octanol–water partition coefficient (Wildman–Crippen LogP) is 2.35. The first kappa shape index (κ1) is 19.4. The largest absolute Gasteiger partial charge is 0.397 e. The highest BCUT2D eigenvalue weighted by molar-refractivity contribution is 5.98. The van der Waals surface area contributed by atoms with E-state index in [1.165, 1.54) is 17.3 Å². The van der Waals surface area contributed by atoms with Crippen molar-refractivity contribution in [3.05, 3.63) is 59.9 Å². The van der Waals surface area contributed by atoms with Crippen molar-refractivity contribution in [2.75, 3.05) is 18.1 Å². The number of para-hydroxylation sites is 1. The molecule has 0 spiro atoms. The molecule has 6 nitrogen and oxygen atoms in total. The summed E-state index contributed by atoms with van der Waals surface area (Å²) in [4.78, 5) is 31.8. The third-order valence-electron chi connectivity index (χ3n) is 5.48. The standard InChI is InChI=1S/C20H18F3N3O3/c21-20(22,23)8-17(28)25-10-15-18(13-5-1-2-6-14(13)25)16(11-27)26(15)19(29)12-4-3-7-24-9-12/h1-7,9,15-16,18,27H,8,10-11H2/t15-,16+,18+/m0/s1. The Morgan fingerprint density at radius 2 is 1.93 bits per heavy atom. The van der Waals surface area contributed by atoms with E-state index in [2.05, 4.69) is 4.98 Å². The molecule has 1 fully saturated rings. The number of nitrogens with zero attached hydrogens (tertiary/aromatic N) is 3. The third-order valence-corrected chi connectivity index (χ3v) is 5.48. The van der Waals surface area contributed by atoms with Crippen molar-refractivity contribution in [1.29, 1.82) is 0 Å². The Hall–Kier alpha value is -2.94. The molecule has 4 rings (SSSR count). The lowest BCUT2D eigenvalue weighted by molar-refractivity contribution is -0.152. The molecule has 2 amide bonds. The number of amides is 2. The van der Waals surface area contributed by atoms with Gasteiger partial charge in [0.2, 0.25) is 5.91 Å². The Bertz CT molecular complexity index is 935. The van der Waals surface area contributed by atoms with Crippen LogP contribution in [0.15, 0.2) is 48.8 Å². The van der Waals surface area contributed by atoms with Gasteiger partial charge in [0.15, 0.2) is 0 Å². The second-order valence-electron chi connectivity index (χ2n) is 7.15. The summed E-state index contributed by atoms with van der Waals surface area (Å²) < 4.78 is 38.4. The smallest absolute Gasteiger partial charge is 0.394 e. The van der Waals surface area contributed by atoms with Crippen LogP contribution in [0, 0.1) is 0 Å². The van der Waals surface area contributed by atoms with E-state index in [1.807, 2.05) is 0 Å². The summed E-state index contributed by atoms with van der Waals surface area (Å²) in [5.74, 6) is -1.70. The van der Waals surface area contributed by atoms with Gasteiger partial charge in [-0.05, 0) is 23.8 Å². The molecule has 0 saturated carbocycles. The molecule has 0 bridgehead atoms. The number of halogens is 3. The molecule has 9 heteroatoms. The first-order valence-corrected chi connectivity index (χ1v) is 9.11. The number of hydrogen-bond acceptors (Lipinski definition) is 4. The average molecular weight is 405 g/mol. The molecule has 2 aliphatic rings. The lowest BCUT2D eigenvalue weighted by Gasteiger charge is -2.58. The van der Waals surface area contributed by atoms with Crippen LogP contribution in [-0.4, -0.2) is 58.2 Å². The fourth-order valence-corrected chi connectivity index (χ4v) is 4.31. The number of hydrogen-bond donors (Lipinski definition) is 1. The first-order chi connectivity index (χ1) is 13.8. The topological polar surface area (TPSA) is 73.7 Å². The lowest BCUT2D eigenvalue weighted by atomic mass is 9.71. The number of rotatable bonds is 3. The number of aromatic nitrogens is 1. The Balaban J connectivity index is 1.69. The number of aliphatic hydroxyl groups is 1. The summed E-state index contributed by atoms with van der Waals surface area (Å²) in [6.07, 6.45) is -3.28. The molecule has 152 valence electrons. The van der Waals surface area contributed by atoms with Gasteiger partial charge in [0, 0.05) is 30.5 Å². The number of alkyl halides is 3. The zero-order valence-electron chi connectivity index (χ0n) is 15.2. The molecule has 1 N–H and O–H groups in total. The number of benzene rings is 1. The van der Waals surface area contributed by atoms with Gasteiger partial charge in [0.1, 0.15) is 6.42 Å². The number of pyridine rings is 1. The Morgan fingerprint density at radius 3 is 2.59 bits per heavy atom. The normalized spacial score (nSPS) is 23.1. The van der Waals surface area contributed by atoms with Crippen molar-refractivity contribution >= 4 is 17.5 Å². The van der Waals surface area contributed by atoms with Gasteiger partial charge in [-0.1, -0.05) is 18.2 Å². The maximum atomic E-state index is 13.0. The molecule has 0 unspecified atom stereocenters. The zero-order valence-corrected chi connectivity index (χ0v) is 15.2. The van der Waals surface area contributed by atoms with E-state index in [0.717, 1.165) is 4.90 Å². The van der Waals surface area contributed by atoms with Gasteiger partial charge < -0.3 is 14.9 Å². The van der Waals surface area contributed by atoms with Crippen molar-refractivity contribution in [1.82, 2.24) is 9.88 Å². The maximum absolute atomic E-state index is 13.0. The van der Waals surface area contributed by atoms with E-state index < -0.39 is 30.6 Å². The molecular weight excluding hydrogens is 387 g/mol. The summed E-state index contributed by atoms with van der Waals surface area (Å²) in [6.45, 7) is -0.350. The summed E-state index contributed by atoms with van der Waals surface area (Å²) in [5, 5.41) is 9.91. The van der Waals surface area contributed by atoms with Crippen LogP contribution < -0.4 is 4.90 Å². The molecule has 2 aromatic rings. The molecular formula is C20H18F3N3O3. The molecule has 0 aliphatic carbocycles. The molecule has 1 saturated heterocycles. The SMILES string of the molecule is O=C(CC(F)(F)F)N1C[C@H]2[C@@H](c3ccccc31)[C@@H](CO)N2C(=O)c1cccnc1. The van der Waals surface area contributed by atoms with E-state index in [9.17, 15) is 27.9 Å². The van der Waals surface area contributed by atoms with Crippen LogP contribution in [0.25, 0.3) is 0 Å². The lowest BCUT2D eigenvalue weighted by Crippen LogP contribution is -2.70. The van der Waals surface area contributed by atoms with Crippen LogP contribution in [0.1, 0.15) is 28.3 Å². The van der Waals surface area contributed by atoms with Gasteiger partial charge in [0.25, 0.3) is 5.91 Å². The van der Waals surface area contributed by atoms with Crippen LogP contribution in [0.4, 0.5) is 18.9 Å². The van der Waals surface area contributed by atoms with Crippen molar-refractivity contribution in [3.8, 4) is 0 Å². The Morgan fingerprint density at radius 1 is 1.17 bits per heavy atom. The highest BCUT2D eigenvalue weighted by atomic mass is 19.4. The van der Waals surface area contributed by atoms with Crippen LogP contribution in [0.2, 0.25) is 0 Å². The minimum Gasteiger partial charge on any atom is -0.394 e. The van der Waals surface area contributed by atoms with Crippen molar-refractivity contribution < 1.29 is 27.9 Å². The van der Waals surface area contributed by atoms with E-state index >= 15 is 0 Å². The molecule has 1 aromatic carbocycles. The maximum Gasteiger partial charge on any atom is 0.397 e. The molecule has 1 aromatic heterocycles. The van der Waals surface area contributed by atoms with Gasteiger partial charge in [-0.2, -0.15) is 13.2 Å². The van der Waals surface area contributed by atoms with E-state index in [-0.39, 0.29) is 25.0 Å². The number of carbonyl (C=O) groups is 2. The fourth-order valence-electron chi connectivity index (χ4n) is 4.31. The third kappa shape index (κ3) is 3.35. The Labute approximate surface area is 164 Å². The van der Waals surface area contributed by atoms with Crippen LogP contribution in [0.5, 0.6) is 0 Å². The van der Waals surface area contributed by atoms with Gasteiger partial charge in [-0.25, -0.2) is 0 Å². The summed E-state index contributed by atoms with van der Waals surface area (Å²) in [7, 11) is 0. The fraction of sp³-hybridized carbons (Fsp3) is 0.350. The highest BCUT2D eigenvalue weighted by Gasteiger charge is 2.55. The van der Waals surface area contributed by atoms with Crippen molar-refractivity contribution in [3.63, 3.8) is 0 Å². The summed E-state index contributed by atoms with van der Waals surface area (Å²) in [5.41, 5.74) is 1.37. The number of likely N-dealkylation sites (tertiary alicyclic amines) is 1. The first-order valence-electron chi connectivity index (χ1n) is 9.11. The van der Waals surface area contributed by atoms with Gasteiger partial charge in [-0.3, -0.25) is 14.6 Å². The summed E-state index contributed by atoms with van der Waals surface area (Å²) in [6, 6.07) is 8.86. The van der Waals surface area contributed by atoms with E-state index in [0.29, 0.717) is 16.8 Å². The molecule has 3 heterocycles. The minimum atomic E-state index is -4.62. The number of aliphatic hydroxyl groups excluding tert-OH is 1. The molecule has 29 heavy (non-hydrogen) atoms. The second-order valence-corrected chi connectivity index (χ2v) is 7.15. The number of anilines is 1. The average Bonchev–Trinajstić information content (AvgIpc) is 2.67.